The number of hydrogen-bond acceptors (Lipinski definition) is 5. The number of halogens is 4. The van der Waals surface area contributed by atoms with Gasteiger partial charge in [-0.25, -0.2) is 0 Å². The fourth-order valence-corrected chi connectivity index (χ4v) is 18.4. The van der Waals surface area contributed by atoms with Gasteiger partial charge in [-0.05, 0) is 171 Å². The van der Waals surface area contributed by atoms with Crippen molar-refractivity contribution in [3.05, 3.63) is 237 Å². The van der Waals surface area contributed by atoms with Crippen molar-refractivity contribution in [1.29, 1.82) is 0 Å². The average Bonchev–Trinajstić information content (AvgIpc) is 0.820. The van der Waals surface area contributed by atoms with Crippen molar-refractivity contribution in [2.24, 2.45) is 0 Å². The normalized spacial score (nSPS) is 14.7. The molecule has 2 fully saturated rings. The average molecular weight is 1270 g/mol. The van der Waals surface area contributed by atoms with Gasteiger partial charge < -0.3 is 23.7 Å². The maximum Gasteiger partial charge on any atom is 0.260 e. The number of ether oxygens (including phenoxy) is 5. The van der Waals surface area contributed by atoms with Crippen molar-refractivity contribution in [2.75, 3.05) is 7.11 Å². The Balaban J connectivity index is 0.000000113. The zero-order valence-electron chi connectivity index (χ0n) is 48.1. The Hall–Kier alpha value is -6.89. The number of hydrogen-bond donors (Lipinski definition) is 0. The molecule has 4 heterocycles. The predicted octanol–water partition coefficient (Wildman–Crippen LogP) is 18.3. The summed E-state index contributed by atoms with van der Waals surface area (Å²) in [5.41, 5.74) is 14.7. The maximum absolute atomic E-state index is 6.52. The summed E-state index contributed by atoms with van der Waals surface area (Å²) in [7, 11) is 1.69. The summed E-state index contributed by atoms with van der Waals surface area (Å²) in [5.74, 6) is 8.02. The second kappa shape index (κ2) is 26.2. The van der Waals surface area contributed by atoms with E-state index in [0.29, 0.717) is 15.1 Å². The van der Waals surface area contributed by atoms with Crippen LogP contribution in [-0.2, 0) is 0 Å². The Morgan fingerprint density at radius 1 is 0.407 bits per heavy atom. The van der Waals surface area contributed by atoms with Gasteiger partial charge in [0.15, 0.2) is 0 Å². The van der Waals surface area contributed by atoms with E-state index in [1.54, 1.807) is 17.4 Å². The molecule has 2 saturated carbocycles. The minimum atomic E-state index is -0.122. The van der Waals surface area contributed by atoms with E-state index in [9.17, 15) is 0 Å². The fourth-order valence-electron chi connectivity index (χ4n) is 13.5. The highest BCUT2D eigenvalue weighted by molar-refractivity contribution is 9.10. The highest BCUT2D eigenvalue weighted by atomic mass is 79.9. The summed E-state index contributed by atoms with van der Waals surface area (Å²) in [6.07, 6.45) is 14.4. The Kier molecular flexibility index (Phi) is 17.7. The van der Waals surface area contributed by atoms with Gasteiger partial charge in [-0.3, -0.25) is 0 Å². The summed E-state index contributed by atoms with van der Waals surface area (Å²) in [6.45, 7) is 2.46. The van der Waals surface area contributed by atoms with Gasteiger partial charge in [0.05, 0.1) is 21.6 Å². The fraction of sp³-hybridized carbons (Fsp3) is 0.189. The first-order valence-electron chi connectivity index (χ1n) is 30.0. The third-order valence-electron chi connectivity index (χ3n) is 17.5. The molecule has 5 nitrogen and oxygen atoms in total. The lowest BCUT2D eigenvalue weighted by Gasteiger charge is -2.39. The molecule has 0 unspecified atom stereocenters. The second-order valence-corrected chi connectivity index (χ2v) is 27.5. The van der Waals surface area contributed by atoms with Crippen molar-refractivity contribution in [2.45, 2.75) is 82.4 Å². The molecule has 0 spiro atoms. The summed E-state index contributed by atoms with van der Waals surface area (Å²) in [5, 5.41) is 3.57. The zero-order chi connectivity index (χ0) is 58.7. The third-order valence-corrected chi connectivity index (χ3v) is 22.7. The number of para-hydroxylation sites is 4. The van der Waals surface area contributed by atoms with Crippen LogP contribution >= 0.6 is 58.7 Å². The second-order valence-electron chi connectivity index (χ2n) is 22.6. The Labute approximate surface area is 531 Å². The summed E-state index contributed by atoms with van der Waals surface area (Å²) >= 11 is 21.3. The molecule has 0 atom stereocenters. The van der Waals surface area contributed by atoms with Gasteiger partial charge in [-0.2, -0.15) is 0 Å². The van der Waals surface area contributed by atoms with Crippen molar-refractivity contribution >= 4 is 110 Å². The van der Waals surface area contributed by atoms with E-state index in [-0.39, 0.29) is 21.3 Å². The molecule has 0 saturated heterocycles. The number of methoxy groups -OCH3 is 1. The quantitative estimate of drug-likeness (QED) is 0.123. The largest absolute Gasteiger partial charge is 0.496 e. The minimum absolute atomic E-state index is 0.0716. The van der Waals surface area contributed by atoms with Gasteiger partial charge in [0.1, 0.15) is 51.7 Å². The van der Waals surface area contributed by atoms with Crippen molar-refractivity contribution in [1.82, 2.24) is 0 Å². The lowest BCUT2D eigenvalue weighted by molar-refractivity contribution is 0.416. The van der Waals surface area contributed by atoms with E-state index < -0.39 is 0 Å². The molecular formula is C74H63B2BrCl3O5P. The van der Waals surface area contributed by atoms with Crippen LogP contribution in [0.2, 0.25) is 15.1 Å². The smallest absolute Gasteiger partial charge is 0.260 e. The molecule has 4 aliphatic heterocycles. The molecular weight excluding hydrogens is 1210 g/mol. The van der Waals surface area contributed by atoms with Gasteiger partial charge >= 0.3 is 0 Å². The third kappa shape index (κ3) is 11.6. The van der Waals surface area contributed by atoms with E-state index in [0.717, 1.165) is 101 Å². The summed E-state index contributed by atoms with van der Waals surface area (Å²) in [6, 6.07) is 71.8. The van der Waals surface area contributed by atoms with E-state index in [2.05, 4.69) is 114 Å². The van der Waals surface area contributed by atoms with Gasteiger partial charge in [0, 0.05) is 32.6 Å². The van der Waals surface area contributed by atoms with E-state index >= 15 is 0 Å². The van der Waals surface area contributed by atoms with E-state index in [4.69, 9.17) is 58.5 Å². The van der Waals surface area contributed by atoms with Gasteiger partial charge in [-0.15, -0.1) is 0 Å². The lowest BCUT2D eigenvalue weighted by atomic mass is 9.34. The van der Waals surface area contributed by atoms with Crippen LogP contribution in [0.1, 0.15) is 69.8 Å². The molecule has 16 rings (SSSR count). The molecule has 428 valence electrons. The van der Waals surface area contributed by atoms with Crippen LogP contribution in [-0.4, -0.2) is 31.9 Å². The monoisotopic (exact) mass is 1270 g/mol. The standard InChI is InChI=1S/C26H35OP.C24H14BClO2.C18H10BBrO2.C6H4Cl2/c1-20-12-11-18-24(27-2)26(20)23-17-9-10-19-25(23)28(21-13-5-3-6-14-21)22-15-7-4-8-16-22;26-19-10-4-1-7-15(19)16-13-14-22-23-24(16)28-21-12-6-3-9-18(21)25(23)17-8-2-5-11-20(17)27-22;20-13-9-10-16-17-18(13)22-15-8-4-2-6-12(15)19(17)11-5-1-3-7-14(11)21-16;7-5-3-1-2-4-6(5)8/h9-12,17-19,21-22H,3-8,13-16H2,1-2H3;1-14H;1-10H;1-4H. The molecule has 0 bridgehead atoms. The predicted molar refractivity (Wildman–Crippen MR) is 366 cm³/mol. The summed E-state index contributed by atoms with van der Waals surface area (Å²) < 4.78 is 31.7. The molecule has 0 radical (unpaired) electrons. The number of aryl methyl sites for hydroxylation is 1. The Morgan fingerprint density at radius 2 is 0.837 bits per heavy atom. The first kappa shape index (κ1) is 58.1. The molecule has 10 aromatic rings. The molecule has 86 heavy (non-hydrogen) atoms. The van der Waals surface area contributed by atoms with Crippen LogP contribution < -0.4 is 61.8 Å². The molecule has 12 heteroatoms. The number of rotatable bonds is 6. The molecule has 10 aromatic carbocycles. The van der Waals surface area contributed by atoms with Gasteiger partial charge in [0.25, 0.3) is 13.4 Å². The topological polar surface area (TPSA) is 46.2 Å². The Bertz CT molecular complexity index is 4050. The Morgan fingerprint density at radius 3 is 1.35 bits per heavy atom. The first-order valence-corrected chi connectivity index (χ1v) is 33.4. The van der Waals surface area contributed by atoms with Crippen molar-refractivity contribution in [3.63, 3.8) is 0 Å². The minimum Gasteiger partial charge on any atom is -0.496 e. The zero-order valence-corrected chi connectivity index (χ0v) is 52.8. The van der Waals surface area contributed by atoms with Crippen LogP contribution in [0, 0.1) is 6.92 Å². The lowest BCUT2D eigenvalue weighted by Crippen LogP contribution is -2.57. The van der Waals surface area contributed by atoms with Crippen LogP contribution in [0.4, 0.5) is 0 Å². The maximum atomic E-state index is 6.52. The molecule has 2 aliphatic carbocycles. The summed E-state index contributed by atoms with van der Waals surface area (Å²) in [4.78, 5) is 0. The van der Waals surface area contributed by atoms with E-state index in [1.807, 2.05) is 116 Å². The molecule has 0 amide bonds. The molecule has 6 aliphatic rings. The van der Waals surface area contributed by atoms with Crippen molar-refractivity contribution < 1.29 is 23.7 Å². The van der Waals surface area contributed by atoms with Crippen molar-refractivity contribution in [3.8, 4) is 74.0 Å². The van der Waals surface area contributed by atoms with E-state index in [1.165, 1.54) is 91.8 Å². The first-order chi connectivity index (χ1) is 42.2. The highest BCUT2D eigenvalue weighted by Crippen LogP contribution is 2.57. The van der Waals surface area contributed by atoms with Gasteiger partial charge in [0.2, 0.25) is 0 Å². The van der Waals surface area contributed by atoms with Crippen LogP contribution in [0.15, 0.2) is 217 Å². The number of fused-ring (bicyclic) bond motifs is 8. The van der Waals surface area contributed by atoms with Crippen LogP contribution in [0.3, 0.4) is 0 Å². The van der Waals surface area contributed by atoms with Gasteiger partial charge in [-0.1, -0.05) is 221 Å². The number of benzene rings is 10. The van der Waals surface area contributed by atoms with Crippen LogP contribution in [0.5, 0.6) is 51.7 Å². The molecule has 0 aromatic heterocycles. The SMILES string of the molecule is Brc1ccc2c3c1Oc1ccccc1B3c1ccccc1O2.COc1cccc(C)c1-c1ccccc1P(C1CCCCC1)C1CCCCC1.Clc1ccccc1-c1ccc2c3c1Oc1ccccc1B3c1ccccc1O2.Clc1ccccc1Cl. The highest BCUT2D eigenvalue weighted by Gasteiger charge is 2.43. The molecule has 0 N–H and O–H groups in total. The van der Waals surface area contributed by atoms with Crippen LogP contribution in [0.25, 0.3) is 22.3 Å².